The molecule has 0 aliphatic heterocycles. The molecule has 4 rings (SSSR count). The molecular formula is C32H37F2N3O4S. The average Bonchev–Trinajstić information content (AvgIpc) is 2.96. The number of halogens is 2. The summed E-state index contributed by atoms with van der Waals surface area (Å²) in [4.78, 5) is 29.4. The zero-order valence-electron chi connectivity index (χ0n) is 23.9. The van der Waals surface area contributed by atoms with Gasteiger partial charge < -0.3 is 10.2 Å². The Labute approximate surface area is 246 Å². The van der Waals surface area contributed by atoms with Gasteiger partial charge in [0.05, 0.1) is 11.9 Å². The van der Waals surface area contributed by atoms with Crippen LogP contribution in [0.1, 0.15) is 48.8 Å². The van der Waals surface area contributed by atoms with Crippen LogP contribution < -0.4 is 9.62 Å². The van der Waals surface area contributed by atoms with Crippen molar-refractivity contribution in [3.8, 4) is 0 Å². The van der Waals surface area contributed by atoms with E-state index >= 15 is 0 Å². The molecular weight excluding hydrogens is 560 g/mol. The van der Waals surface area contributed by atoms with E-state index < -0.39 is 40.2 Å². The van der Waals surface area contributed by atoms with Crippen LogP contribution in [0, 0.1) is 18.6 Å². The van der Waals surface area contributed by atoms with Crippen molar-refractivity contribution in [1.29, 1.82) is 0 Å². The van der Waals surface area contributed by atoms with Gasteiger partial charge in [-0.1, -0.05) is 79.4 Å². The zero-order valence-corrected chi connectivity index (χ0v) is 24.7. The molecule has 1 N–H and O–H groups in total. The monoisotopic (exact) mass is 597 g/mol. The molecule has 1 aliphatic rings. The summed E-state index contributed by atoms with van der Waals surface area (Å²) in [5.74, 6) is -3.34. The highest BCUT2D eigenvalue weighted by Crippen LogP contribution is 2.23. The maximum atomic E-state index is 14.1. The first-order chi connectivity index (χ1) is 20.0. The van der Waals surface area contributed by atoms with Crippen molar-refractivity contribution in [1.82, 2.24) is 10.2 Å². The number of amides is 2. The number of sulfonamides is 1. The number of hydrogen-bond acceptors (Lipinski definition) is 4. The molecule has 3 aromatic carbocycles. The number of anilines is 1. The highest BCUT2D eigenvalue weighted by atomic mass is 32.2. The SMILES string of the molecule is Cc1ccc(CN(C(=O)CN(c2ccc(F)c(F)c2)S(C)(=O)=O)[C@@H](Cc2ccccc2)C(=O)NC2CCCCC2)cc1. The van der Waals surface area contributed by atoms with E-state index in [1.165, 1.54) is 4.90 Å². The third kappa shape index (κ3) is 8.38. The molecule has 0 radical (unpaired) electrons. The smallest absolute Gasteiger partial charge is 0.244 e. The van der Waals surface area contributed by atoms with E-state index in [1.807, 2.05) is 61.5 Å². The molecule has 0 spiro atoms. The summed E-state index contributed by atoms with van der Waals surface area (Å²) in [6.45, 7) is 1.29. The topological polar surface area (TPSA) is 86.8 Å². The molecule has 7 nitrogen and oxygen atoms in total. The van der Waals surface area contributed by atoms with E-state index in [9.17, 15) is 26.8 Å². The normalized spacial score (nSPS) is 14.7. The number of nitrogens with one attached hydrogen (secondary N) is 1. The van der Waals surface area contributed by atoms with Crippen molar-refractivity contribution >= 4 is 27.5 Å². The van der Waals surface area contributed by atoms with Gasteiger partial charge in [-0.15, -0.1) is 0 Å². The lowest BCUT2D eigenvalue weighted by Crippen LogP contribution is -2.55. The van der Waals surface area contributed by atoms with Gasteiger partial charge in [-0.3, -0.25) is 13.9 Å². The molecule has 0 unspecified atom stereocenters. The van der Waals surface area contributed by atoms with Gasteiger partial charge in [0.25, 0.3) is 0 Å². The molecule has 1 fully saturated rings. The minimum Gasteiger partial charge on any atom is -0.352 e. The Morgan fingerprint density at radius 3 is 2.19 bits per heavy atom. The van der Waals surface area contributed by atoms with Gasteiger partial charge in [0, 0.05) is 25.1 Å². The van der Waals surface area contributed by atoms with Gasteiger partial charge in [-0.2, -0.15) is 0 Å². The summed E-state index contributed by atoms with van der Waals surface area (Å²) in [5, 5.41) is 3.14. The number of hydrogen-bond donors (Lipinski definition) is 1. The third-order valence-electron chi connectivity index (χ3n) is 7.57. The first-order valence-corrected chi connectivity index (χ1v) is 16.0. The van der Waals surface area contributed by atoms with Crippen molar-refractivity contribution < 1.29 is 26.8 Å². The van der Waals surface area contributed by atoms with E-state index in [2.05, 4.69) is 5.32 Å². The fourth-order valence-corrected chi connectivity index (χ4v) is 6.08. The second-order valence-electron chi connectivity index (χ2n) is 10.9. The fraction of sp³-hybridized carbons (Fsp3) is 0.375. The van der Waals surface area contributed by atoms with Gasteiger partial charge in [0.1, 0.15) is 12.6 Å². The van der Waals surface area contributed by atoms with Crippen LogP contribution in [0.4, 0.5) is 14.5 Å². The Morgan fingerprint density at radius 1 is 0.905 bits per heavy atom. The van der Waals surface area contributed by atoms with E-state index in [-0.39, 0.29) is 30.6 Å². The van der Waals surface area contributed by atoms with Crippen LogP contribution >= 0.6 is 0 Å². The third-order valence-corrected chi connectivity index (χ3v) is 8.71. The van der Waals surface area contributed by atoms with Crippen LogP contribution in [-0.4, -0.2) is 50.0 Å². The minimum absolute atomic E-state index is 0.00411. The van der Waals surface area contributed by atoms with Crippen LogP contribution in [-0.2, 0) is 32.6 Å². The molecule has 0 saturated heterocycles. The van der Waals surface area contributed by atoms with Crippen LogP contribution in [0.5, 0.6) is 0 Å². The predicted octanol–water partition coefficient (Wildman–Crippen LogP) is 5.13. The predicted molar refractivity (Wildman–Crippen MR) is 159 cm³/mol. The molecule has 10 heteroatoms. The Bertz CT molecular complexity index is 1480. The maximum absolute atomic E-state index is 14.1. The minimum atomic E-state index is -4.09. The lowest BCUT2D eigenvalue weighted by molar-refractivity contribution is -0.140. The second-order valence-corrected chi connectivity index (χ2v) is 12.8. The first kappa shape index (κ1) is 31.2. The first-order valence-electron chi connectivity index (χ1n) is 14.1. The summed E-state index contributed by atoms with van der Waals surface area (Å²) in [7, 11) is -4.09. The van der Waals surface area contributed by atoms with Crippen LogP contribution in [0.15, 0.2) is 72.8 Å². The van der Waals surface area contributed by atoms with E-state index in [4.69, 9.17) is 0 Å². The number of aryl methyl sites for hydroxylation is 1. The van der Waals surface area contributed by atoms with E-state index in [0.29, 0.717) is 0 Å². The van der Waals surface area contributed by atoms with Gasteiger partial charge in [-0.25, -0.2) is 17.2 Å². The largest absolute Gasteiger partial charge is 0.352 e. The summed E-state index contributed by atoms with van der Waals surface area (Å²) >= 11 is 0. The van der Waals surface area contributed by atoms with Crippen molar-refractivity contribution in [2.75, 3.05) is 17.1 Å². The van der Waals surface area contributed by atoms with E-state index in [0.717, 1.165) is 77.6 Å². The lowest BCUT2D eigenvalue weighted by atomic mass is 9.94. The summed E-state index contributed by atoms with van der Waals surface area (Å²) in [5.41, 5.74) is 2.43. The lowest BCUT2D eigenvalue weighted by Gasteiger charge is -2.35. The molecule has 3 aromatic rings. The summed E-state index contributed by atoms with van der Waals surface area (Å²) < 4.78 is 54.1. The standard InChI is InChI=1S/C32H37F2N3O4S/c1-23-13-15-25(16-14-23)21-36(31(38)22-37(42(2,40)41)27-17-18-28(33)29(34)20-27)30(19-24-9-5-3-6-10-24)32(39)35-26-11-7-4-8-12-26/h3,5-6,9-10,13-18,20,26,30H,4,7-8,11-12,19,21-22H2,1-2H3,(H,35,39)/t30-/m0/s1. The molecule has 0 heterocycles. The Kier molecular flexibility index (Phi) is 10.3. The molecule has 224 valence electrons. The van der Waals surface area contributed by atoms with Gasteiger partial charge >= 0.3 is 0 Å². The number of rotatable bonds is 11. The summed E-state index contributed by atoms with van der Waals surface area (Å²) in [6.07, 6.45) is 5.95. The van der Waals surface area contributed by atoms with Crippen LogP contribution in [0.25, 0.3) is 0 Å². The van der Waals surface area contributed by atoms with E-state index in [1.54, 1.807) is 0 Å². The molecule has 42 heavy (non-hydrogen) atoms. The van der Waals surface area contributed by atoms with Gasteiger partial charge in [-0.05, 0) is 43.0 Å². The molecule has 2 amide bonds. The number of carbonyl (C=O) groups excluding carboxylic acids is 2. The Hall–Kier alpha value is -3.79. The average molecular weight is 598 g/mol. The van der Waals surface area contributed by atoms with Gasteiger partial charge in [0.2, 0.25) is 21.8 Å². The van der Waals surface area contributed by atoms with Gasteiger partial charge in [0.15, 0.2) is 11.6 Å². The number of carbonyl (C=O) groups is 2. The maximum Gasteiger partial charge on any atom is 0.244 e. The van der Waals surface area contributed by atoms with Crippen molar-refractivity contribution in [2.45, 2.75) is 64.1 Å². The zero-order chi connectivity index (χ0) is 30.3. The molecule has 1 saturated carbocycles. The Balaban J connectivity index is 1.72. The molecule has 1 atom stereocenters. The number of nitrogens with zero attached hydrogens (tertiary/aromatic N) is 2. The molecule has 0 aromatic heterocycles. The summed E-state index contributed by atoms with van der Waals surface area (Å²) in [6, 6.07) is 18.5. The van der Waals surface area contributed by atoms with Crippen LogP contribution in [0.3, 0.4) is 0 Å². The Morgan fingerprint density at radius 2 is 1.57 bits per heavy atom. The van der Waals surface area contributed by atoms with Crippen LogP contribution in [0.2, 0.25) is 0 Å². The molecule has 1 aliphatic carbocycles. The fourth-order valence-electron chi connectivity index (χ4n) is 5.24. The second kappa shape index (κ2) is 13.9. The highest BCUT2D eigenvalue weighted by Gasteiger charge is 2.34. The van der Waals surface area contributed by atoms with Crippen molar-refractivity contribution in [2.24, 2.45) is 0 Å². The van der Waals surface area contributed by atoms with Crippen molar-refractivity contribution in [3.05, 3.63) is 101 Å². The highest BCUT2D eigenvalue weighted by molar-refractivity contribution is 7.92. The molecule has 0 bridgehead atoms. The number of benzene rings is 3. The van der Waals surface area contributed by atoms with Crippen molar-refractivity contribution in [3.63, 3.8) is 0 Å². The quantitative estimate of drug-likeness (QED) is 0.332.